The molecule has 1 atom stereocenters. The van der Waals surface area contributed by atoms with Gasteiger partial charge in [0.1, 0.15) is 5.60 Å². The van der Waals surface area contributed by atoms with E-state index < -0.39 is 12.1 Å². The highest BCUT2D eigenvalue weighted by atomic mass is 19.4. The maximum atomic E-state index is 12.6. The van der Waals surface area contributed by atoms with Gasteiger partial charge in [0.25, 0.3) is 0 Å². The van der Waals surface area contributed by atoms with Gasteiger partial charge in [0.05, 0.1) is 19.7 Å². The zero-order chi connectivity index (χ0) is 24.6. The Balaban J connectivity index is 0.000000406. The number of aromatic nitrogens is 1. The van der Waals surface area contributed by atoms with Crippen LogP contribution in [0.4, 0.5) is 13.2 Å². The van der Waals surface area contributed by atoms with Gasteiger partial charge in [0.2, 0.25) is 5.91 Å². The molecule has 1 spiro atoms. The first-order chi connectivity index (χ1) is 16.2. The van der Waals surface area contributed by atoms with Gasteiger partial charge in [-0.3, -0.25) is 9.78 Å². The first kappa shape index (κ1) is 26.2. The number of nitrogens with zero attached hydrogens (tertiary/aromatic N) is 2. The number of pyridine rings is 1. The van der Waals surface area contributed by atoms with Crippen LogP contribution in [0.1, 0.15) is 50.5 Å². The van der Waals surface area contributed by atoms with E-state index in [1.807, 2.05) is 17.0 Å². The minimum atomic E-state index is -5.08. The predicted octanol–water partition coefficient (Wildman–Crippen LogP) is 4.13. The fourth-order valence-corrected chi connectivity index (χ4v) is 4.54. The molecule has 1 aromatic rings. The average Bonchev–Trinajstić information content (AvgIpc) is 2.81. The van der Waals surface area contributed by atoms with Crippen LogP contribution in [-0.2, 0) is 25.7 Å². The third-order valence-corrected chi connectivity index (χ3v) is 6.34. The van der Waals surface area contributed by atoms with Crippen molar-refractivity contribution in [2.24, 2.45) is 5.92 Å². The fraction of sp³-hybridized carbons (Fsp3) is 0.625. The molecule has 188 valence electrons. The highest BCUT2D eigenvalue weighted by Crippen LogP contribution is 2.39. The summed E-state index contributed by atoms with van der Waals surface area (Å²) in [5.74, 6) is -1.89. The summed E-state index contributed by atoms with van der Waals surface area (Å²) in [5, 5.41) is 7.12. The van der Waals surface area contributed by atoms with Gasteiger partial charge in [-0.05, 0) is 68.6 Å². The van der Waals surface area contributed by atoms with Crippen LogP contribution < -0.4 is 0 Å². The highest BCUT2D eigenvalue weighted by Gasteiger charge is 2.49. The zero-order valence-electron chi connectivity index (χ0n) is 19.1. The molecule has 0 radical (unpaired) electrons. The zero-order valence-corrected chi connectivity index (χ0v) is 19.1. The van der Waals surface area contributed by atoms with Gasteiger partial charge in [-0.25, -0.2) is 4.79 Å². The molecular weight excluding hydrogens is 453 g/mol. The number of likely N-dealkylation sites (tertiary alicyclic amines) is 1. The minimum Gasteiger partial charge on any atom is -0.475 e. The molecule has 3 heterocycles. The number of carbonyl (C=O) groups is 2. The normalized spacial score (nSPS) is 21.7. The van der Waals surface area contributed by atoms with Crippen molar-refractivity contribution in [3.63, 3.8) is 0 Å². The molecule has 1 aliphatic carbocycles. The van der Waals surface area contributed by atoms with Crippen LogP contribution in [0.15, 0.2) is 36.2 Å². The van der Waals surface area contributed by atoms with E-state index in [0.717, 1.165) is 70.4 Å². The quantitative estimate of drug-likeness (QED) is 0.611. The van der Waals surface area contributed by atoms with E-state index in [2.05, 4.69) is 11.1 Å². The maximum absolute atomic E-state index is 12.6. The van der Waals surface area contributed by atoms with Crippen LogP contribution in [-0.4, -0.2) is 64.9 Å². The Morgan fingerprint density at radius 1 is 1.24 bits per heavy atom. The van der Waals surface area contributed by atoms with Crippen molar-refractivity contribution in [3.8, 4) is 0 Å². The molecule has 2 saturated heterocycles. The molecule has 1 N–H and O–H groups in total. The van der Waals surface area contributed by atoms with Gasteiger partial charge in [0, 0.05) is 31.2 Å². The molecule has 2 fully saturated rings. The molecule has 4 rings (SSSR count). The summed E-state index contributed by atoms with van der Waals surface area (Å²) < 4.78 is 43.7. The van der Waals surface area contributed by atoms with Crippen molar-refractivity contribution in [1.29, 1.82) is 0 Å². The van der Waals surface area contributed by atoms with E-state index >= 15 is 0 Å². The number of amides is 1. The van der Waals surface area contributed by atoms with Crippen molar-refractivity contribution in [3.05, 3.63) is 41.7 Å². The molecule has 10 heteroatoms. The average molecular weight is 485 g/mol. The lowest BCUT2D eigenvalue weighted by Gasteiger charge is -2.53. The van der Waals surface area contributed by atoms with Gasteiger partial charge in [-0.2, -0.15) is 13.2 Å². The van der Waals surface area contributed by atoms with Crippen LogP contribution in [0.2, 0.25) is 0 Å². The van der Waals surface area contributed by atoms with Crippen LogP contribution in [0.25, 0.3) is 0 Å². The molecule has 0 saturated carbocycles. The van der Waals surface area contributed by atoms with Crippen molar-refractivity contribution in [2.45, 2.75) is 63.3 Å². The molecule has 1 amide bonds. The topological polar surface area (TPSA) is 89.0 Å². The summed E-state index contributed by atoms with van der Waals surface area (Å²) >= 11 is 0. The Bertz CT molecular complexity index is 854. The number of ether oxygens (including phenoxy) is 2. The Morgan fingerprint density at radius 2 is 1.94 bits per heavy atom. The van der Waals surface area contributed by atoms with Crippen molar-refractivity contribution < 1.29 is 37.3 Å². The number of hydrogen-bond acceptors (Lipinski definition) is 5. The lowest BCUT2D eigenvalue weighted by Crippen LogP contribution is -2.66. The van der Waals surface area contributed by atoms with E-state index in [1.165, 1.54) is 12.0 Å². The summed E-state index contributed by atoms with van der Waals surface area (Å²) in [7, 11) is 0. The molecule has 3 aliphatic rings. The number of rotatable bonds is 6. The van der Waals surface area contributed by atoms with Gasteiger partial charge >= 0.3 is 12.1 Å². The van der Waals surface area contributed by atoms with Crippen molar-refractivity contribution >= 4 is 11.9 Å². The van der Waals surface area contributed by atoms with E-state index in [-0.39, 0.29) is 11.5 Å². The SMILES string of the molecule is O=C(C1=CCCCC1)N1CC2(CC(CCOCc3ccncc3)CCO2)C1.O=C(O)C(F)(F)F. The molecule has 1 unspecified atom stereocenters. The Kier molecular flexibility index (Phi) is 9.07. The van der Waals surface area contributed by atoms with Crippen LogP contribution in [0.5, 0.6) is 0 Å². The first-order valence-electron chi connectivity index (χ1n) is 11.6. The second-order valence-corrected chi connectivity index (χ2v) is 9.03. The van der Waals surface area contributed by atoms with Crippen LogP contribution >= 0.6 is 0 Å². The largest absolute Gasteiger partial charge is 0.490 e. The lowest BCUT2D eigenvalue weighted by molar-refractivity contribution is -0.192. The van der Waals surface area contributed by atoms with Crippen molar-refractivity contribution in [1.82, 2.24) is 9.88 Å². The smallest absolute Gasteiger partial charge is 0.475 e. The number of allylic oxidation sites excluding steroid dienone is 1. The standard InChI is InChI=1S/C22H30N2O3.C2HF3O2/c25-21(20-4-2-1-3-5-20)24-16-22(17-24)14-18(9-13-27-22)8-12-26-15-19-6-10-23-11-7-19;3-2(4,5)1(6)7/h4,6-7,10-11,18H,1-3,5,8-9,12-17H2;(H,6,7). The van der Waals surface area contributed by atoms with Gasteiger partial charge in [-0.15, -0.1) is 0 Å². The Morgan fingerprint density at radius 3 is 2.56 bits per heavy atom. The summed E-state index contributed by atoms with van der Waals surface area (Å²) in [4.78, 5) is 27.5. The molecule has 0 bridgehead atoms. The van der Waals surface area contributed by atoms with Gasteiger partial charge in [0.15, 0.2) is 0 Å². The Hall–Kier alpha value is -2.46. The number of hydrogen-bond donors (Lipinski definition) is 1. The molecule has 34 heavy (non-hydrogen) atoms. The number of alkyl halides is 3. The maximum Gasteiger partial charge on any atom is 0.490 e. The number of carbonyl (C=O) groups excluding carboxylic acids is 1. The number of carboxylic acid groups (broad SMARTS) is 1. The molecular formula is C24H31F3N2O5. The fourth-order valence-electron chi connectivity index (χ4n) is 4.54. The first-order valence-corrected chi connectivity index (χ1v) is 11.6. The van der Waals surface area contributed by atoms with E-state index in [9.17, 15) is 18.0 Å². The summed E-state index contributed by atoms with van der Waals surface area (Å²) in [5.41, 5.74) is 2.09. The summed E-state index contributed by atoms with van der Waals surface area (Å²) in [6.07, 6.45) is 8.23. The molecule has 0 aromatic carbocycles. The van der Waals surface area contributed by atoms with Crippen LogP contribution in [0, 0.1) is 5.92 Å². The molecule has 2 aliphatic heterocycles. The highest BCUT2D eigenvalue weighted by molar-refractivity contribution is 5.94. The molecule has 7 nitrogen and oxygen atoms in total. The second kappa shape index (κ2) is 11.8. The second-order valence-electron chi connectivity index (χ2n) is 9.03. The molecule has 1 aromatic heterocycles. The predicted molar refractivity (Wildman–Crippen MR) is 117 cm³/mol. The van der Waals surface area contributed by atoms with Gasteiger partial charge in [-0.1, -0.05) is 6.08 Å². The van der Waals surface area contributed by atoms with E-state index in [1.54, 1.807) is 12.4 Å². The number of carboxylic acids is 1. The number of halogens is 3. The van der Waals surface area contributed by atoms with E-state index in [4.69, 9.17) is 19.4 Å². The third-order valence-electron chi connectivity index (χ3n) is 6.34. The van der Waals surface area contributed by atoms with Crippen LogP contribution in [0.3, 0.4) is 0 Å². The van der Waals surface area contributed by atoms with Gasteiger partial charge < -0.3 is 19.5 Å². The third kappa shape index (κ3) is 7.53. The lowest BCUT2D eigenvalue weighted by atomic mass is 9.79. The van der Waals surface area contributed by atoms with E-state index in [0.29, 0.717) is 12.5 Å². The summed E-state index contributed by atoms with van der Waals surface area (Å²) in [6.45, 7) is 3.75. The Labute approximate surface area is 196 Å². The monoisotopic (exact) mass is 484 g/mol. The number of aliphatic carboxylic acids is 1. The minimum absolute atomic E-state index is 0.0983. The summed E-state index contributed by atoms with van der Waals surface area (Å²) in [6, 6.07) is 3.98. The van der Waals surface area contributed by atoms with Crippen molar-refractivity contribution in [2.75, 3.05) is 26.3 Å².